The van der Waals surface area contributed by atoms with Gasteiger partial charge in [0.15, 0.2) is 0 Å². The molecule has 1 spiro atoms. The molecule has 2 saturated heterocycles. The molecule has 1 saturated carbocycles. The summed E-state index contributed by atoms with van der Waals surface area (Å²) in [6, 6.07) is 9.95. The van der Waals surface area contributed by atoms with Gasteiger partial charge in [0.2, 0.25) is 0 Å². The smallest absolute Gasteiger partial charge is 0.0704 e. The van der Waals surface area contributed by atoms with Crippen LogP contribution in [-0.2, 0) is 5.41 Å². The Bertz CT molecular complexity index is 690. The fourth-order valence-electron chi connectivity index (χ4n) is 7.36. The van der Waals surface area contributed by atoms with Crippen molar-refractivity contribution >= 4 is 5.69 Å². The molecular weight excluding hydrogens is 312 g/mol. The molecule has 0 radical (unpaired) electrons. The van der Waals surface area contributed by atoms with Gasteiger partial charge in [-0.15, -0.1) is 0 Å². The van der Waals surface area contributed by atoms with Crippen LogP contribution in [0.15, 0.2) is 24.3 Å². The van der Waals surface area contributed by atoms with E-state index in [-0.39, 0.29) is 24.0 Å². The molecule has 1 aromatic carbocycles. The summed E-state index contributed by atoms with van der Waals surface area (Å²) < 4.78 is 0. The molecule has 2 N–H and O–H groups in total. The molecule has 4 heteroatoms. The van der Waals surface area contributed by atoms with E-state index >= 15 is 0 Å². The van der Waals surface area contributed by atoms with Crippen LogP contribution in [0.3, 0.4) is 0 Å². The number of hydrogen-bond acceptors (Lipinski definition) is 4. The summed E-state index contributed by atoms with van der Waals surface area (Å²) in [5.74, 6) is 1.03. The van der Waals surface area contributed by atoms with E-state index in [1.54, 1.807) is 0 Å². The highest BCUT2D eigenvalue weighted by atomic mass is 16.3. The predicted octanol–water partition coefficient (Wildman–Crippen LogP) is 1.84. The van der Waals surface area contributed by atoms with Crippen molar-refractivity contribution in [3.63, 3.8) is 0 Å². The summed E-state index contributed by atoms with van der Waals surface area (Å²) in [4.78, 5) is 5.01. The summed E-state index contributed by atoms with van der Waals surface area (Å²) in [6.45, 7) is 2.43. The fourth-order valence-corrected chi connectivity index (χ4v) is 7.36. The molecule has 3 heterocycles. The maximum Gasteiger partial charge on any atom is 0.0704 e. The molecule has 8 atom stereocenters. The van der Waals surface area contributed by atoms with Crippen LogP contribution >= 0.6 is 0 Å². The first-order valence-corrected chi connectivity index (χ1v) is 9.89. The van der Waals surface area contributed by atoms with Crippen molar-refractivity contribution in [2.24, 2.45) is 17.8 Å². The molecule has 1 aromatic rings. The summed E-state index contributed by atoms with van der Waals surface area (Å²) in [5, 5.41) is 21.7. The minimum Gasteiger partial charge on any atom is -0.396 e. The van der Waals surface area contributed by atoms with E-state index in [9.17, 15) is 10.2 Å². The third-order valence-electron chi connectivity index (χ3n) is 8.40. The lowest BCUT2D eigenvalue weighted by Crippen LogP contribution is -2.64. The van der Waals surface area contributed by atoms with Gasteiger partial charge in [0, 0.05) is 42.8 Å². The van der Waals surface area contributed by atoms with Gasteiger partial charge < -0.3 is 15.1 Å². The summed E-state index contributed by atoms with van der Waals surface area (Å²) in [7, 11) is 4.47. The third kappa shape index (κ3) is 1.69. The van der Waals surface area contributed by atoms with Crippen molar-refractivity contribution in [3.8, 4) is 0 Å². The lowest BCUT2D eigenvalue weighted by molar-refractivity contribution is -0.0315. The van der Waals surface area contributed by atoms with Gasteiger partial charge in [-0.05, 0) is 43.4 Å². The maximum atomic E-state index is 11.7. The van der Waals surface area contributed by atoms with E-state index in [4.69, 9.17) is 0 Å². The fraction of sp³-hybridized carbons (Fsp3) is 0.714. The molecule has 5 rings (SSSR count). The van der Waals surface area contributed by atoms with Gasteiger partial charge in [-0.1, -0.05) is 31.5 Å². The SMILES string of the molecule is CC[C@H](CO)[C@H]1C[C@H]2[C@@H]3N(C)c4ccccc4[C@]34C[C@@H]([C@H]1[C@H]4O)N2C. The van der Waals surface area contributed by atoms with Crippen molar-refractivity contribution in [2.75, 3.05) is 25.6 Å². The number of aliphatic hydroxyl groups excluding tert-OH is 2. The second-order valence-corrected chi connectivity index (χ2v) is 8.89. The highest BCUT2D eigenvalue weighted by molar-refractivity contribution is 5.67. The molecule has 3 bridgehead atoms. The highest BCUT2D eigenvalue weighted by Gasteiger charge is 2.72. The first kappa shape index (κ1) is 16.1. The maximum absolute atomic E-state index is 11.7. The quantitative estimate of drug-likeness (QED) is 0.880. The number of rotatable bonds is 3. The monoisotopic (exact) mass is 342 g/mol. The molecule has 4 aliphatic rings. The average Bonchev–Trinajstić information content (AvgIpc) is 2.99. The second-order valence-electron chi connectivity index (χ2n) is 8.89. The molecule has 0 unspecified atom stereocenters. The number of piperidine rings is 2. The lowest BCUT2D eigenvalue weighted by atomic mass is 9.67. The topological polar surface area (TPSA) is 46.9 Å². The highest BCUT2D eigenvalue weighted by Crippen LogP contribution is 2.65. The van der Waals surface area contributed by atoms with E-state index < -0.39 is 0 Å². The van der Waals surface area contributed by atoms with E-state index in [0.717, 1.165) is 19.3 Å². The Morgan fingerprint density at radius 3 is 2.72 bits per heavy atom. The Morgan fingerprint density at radius 1 is 1.24 bits per heavy atom. The van der Waals surface area contributed by atoms with Gasteiger partial charge in [0.05, 0.1) is 12.1 Å². The first-order chi connectivity index (χ1) is 12.1. The number of fused-ring (bicyclic) bond motifs is 3. The Balaban J connectivity index is 1.69. The van der Waals surface area contributed by atoms with Crippen molar-refractivity contribution in [1.82, 2.24) is 4.90 Å². The number of nitrogens with zero attached hydrogens (tertiary/aromatic N) is 2. The molecular formula is C21H30N2O2. The zero-order chi connectivity index (χ0) is 17.5. The lowest BCUT2D eigenvalue weighted by Gasteiger charge is -2.54. The number of hydrogen-bond donors (Lipinski definition) is 2. The molecule has 25 heavy (non-hydrogen) atoms. The Labute approximate surface area is 150 Å². The van der Waals surface area contributed by atoms with Gasteiger partial charge in [-0.25, -0.2) is 0 Å². The number of likely N-dealkylation sites (N-methyl/N-ethyl adjacent to an activating group) is 2. The van der Waals surface area contributed by atoms with E-state index in [0.29, 0.717) is 30.0 Å². The Hall–Kier alpha value is -1.10. The molecule has 136 valence electrons. The number of benzene rings is 1. The van der Waals surface area contributed by atoms with Crippen LogP contribution in [0.2, 0.25) is 0 Å². The van der Waals surface area contributed by atoms with Crippen LogP contribution in [0.4, 0.5) is 5.69 Å². The van der Waals surface area contributed by atoms with Crippen LogP contribution in [-0.4, -0.2) is 60.0 Å². The first-order valence-electron chi connectivity index (χ1n) is 9.89. The van der Waals surface area contributed by atoms with Crippen LogP contribution < -0.4 is 4.90 Å². The van der Waals surface area contributed by atoms with Gasteiger partial charge in [0.1, 0.15) is 0 Å². The summed E-state index contributed by atoms with van der Waals surface area (Å²) in [6.07, 6.45) is 2.83. The Kier molecular flexibility index (Phi) is 3.36. The molecule has 0 aromatic heterocycles. The largest absolute Gasteiger partial charge is 0.396 e. The standard InChI is InChI=1S/C21H30N2O2/c1-4-12(11-24)13-9-16-19-21(10-17(22(16)2)18(13)20(21)25)14-7-5-6-8-15(14)23(19)3/h5-8,12-13,16-20,24-25H,4,9-11H2,1-3H3/t12-,13-,16+,17+,18+,19+,20-,21-/m1/s1. The minimum atomic E-state index is -0.311. The van der Waals surface area contributed by atoms with Crippen LogP contribution in [0.1, 0.15) is 31.7 Å². The Morgan fingerprint density at radius 2 is 2.00 bits per heavy atom. The summed E-state index contributed by atoms with van der Waals surface area (Å²) in [5.41, 5.74) is 2.54. The molecule has 3 aliphatic heterocycles. The minimum absolute atomic E-state index is 0.125. The zero-order valence-electron chi connectivity index (χ0n) is 15.5. The van der Waals surface area contributed by atoms with Crippen molar-refractivity contribution < 1.29 is 10.2 Å². The average molecular weight is 342 g/mol. The van der Waals surface area contributed by atoms with Crippen molar-refractivity contribution in [2.45, 2.75) is 55.8 Å². The van der Waals surface area contributed by atoms with Gasteiger partial charge >= 0.3 is 0 Å². The predicted molar refractivity (Wildman–Crippen MR) is 98.7 cm³/mol. The number of anilines is 1. The van der Waals surface area contributed by atoms with Gasteiger partial charge in [-0.2, -0.15) is 0 Å². The van der Waals surface area contributed by atoms with E-state index in [2.05, 4.69) is 55.1 Å². The normalized spacial score (nSPS) is 45.6. The molecule has 4 nitrogen and oxygen atoms in total. The van der Waals surface area contributed by atoms with Gasteiger partial charge in [0.25, 0.3) is 0 Å². The third-order valence-corrected chi connectivity index (χ3v) is 8.40. The van der Waals surface area contributed by atoms with E-state index in [1.807, 2.05) is 0 Å². The summed E-state index contributed by atoms with van der Waals surface area (Å²) >= 11 is 0. The molecule has 0 amide bonds. The number of para-hydroxylation sites is 1. The van der Waals surface area contributed by atoms with Gasteiger partial charge in [-0.3, -0.25) is 4.90 Å². The van der Waals surface area contributed by atoms with Crippen LogP contribution in [0.5, 0.6) is 0 Å². The zero-order valence-corrected chi connectivity index (χ0v) is 15.5. The molecule has 1 aliphatic carbocycles. The molecule has 3 fully saturated rings. The van der Waals surface area contributed by atoms with Crippen molar-refractivity contribution in [3.05, 3.63) is 29.8 Å². The number of aliphatic hydroxyl groups is 2. The van der Waals surface area contributed by atoms with Crippen LogP contribution in [0.25, 0.3) is 0 Å². The second kappa shape index (κ2) is 5.21. The van der Waals surface area contributed by atoms with Crippen LogP contribution in [0, 0.1) is 17.8 Å². The van der Waals surface area contributed by atoms with Crippen molar-refractivity contribution in [1.29, 1.82) is 0 Å². The van der Waals surface area contributed by atoms with E-state index in [1.165, 1.54) is 11.3 Å².